The summed E-state index contributed by atoms with van der Waals surface area (Å²) >= 11 is 0. The molecule has 2 aliphatic heterocycles. The largest absolute Gasteiger partial charge is 0.486 e. The fraction of sp³-hybridized carbons (Fsp3) is 0.286. The molecule has 186 valence electrons. The molecule has 3 atom stereocenters. The molecule has 3 aromatic rings. The molecule has 7 nitrogen and oxygen atoms in total. The zero-order valence-corrected chi connectivity index (χ0v) is 19.9. The Labute approximate surface area is 208 Å². The Kier molecular flexibility index (Phi) is 6.86. The smallest absolute Gasteiger partial charge is 0.254 e. The number of para-hydroxylation sites is 2. The van der Waals surface area contributed by atoms with Crippen molar-refractivity contribution >= 4 is 11.8 Å². The first-order chi connectivity index (χ1) is 17.6. The molecule has 2 amide bonds. The van der Waals surface area contributed by atoms with Crippen LogP contribution in [0.25, 0.3) is 0 Å². The third kappa shape index (κ3) is 4.64. The molecular weight excluding hydrogens is 463 g/mol. The summed E-state index contributed by atoms with van der Waals surface area (Å²) in [7, 11) is 1.56. The Bertz CT molecular complexity index is 1250. The minimum atomic E-state index is -0.710. The number of nitrogens with zero attached hydrogens (tertiary/aromatic N) is 1. The van der Waals surface area contributed by atoms with Crippen molar-refractivity contribution in [3.05, 3.63) is 95.3 Å². The molecule has 0 bridgehead atoms. The maximum Gasteiger partial charge on any atom is 0.254 e. The molecular formula is C28H27FN2O5. The van der Waals surface area contributed by atoms with E-state index in [0.717, 1.165) is 0 Å². The van der Waals surface area contributed by atoms with Gasteiger partial charge >= 0.3 is 0 Å². The van der Waals surface area contributed by atoms with Crippen molar-refractivity contribution in [2.45, 2.75) is 18.1 Å². The maximum atomic E-state index is 13.8. The van der Waals surface area contributed by atoms with E-state index < -0.39 is 12.0 Å². The van der Waals surface area contributed by atoms with Crippen molar-refractivity contribution in [2.24, 2.45) is 0 Å². The predicted molar refractivity (Wildman–Crippen MR) is 131 cm³/mol. The summed E-state index contributed by atoms with van der Waals surface area (Å²) in [5.74, 6) is -0.245. The molecule has 0 aliphatic carbocycles. The van der Waals surface area contributed by atoms with Crippen molar-refractivity contribution in [1.82, 2.24) is 10.2 Å². The summed E-state index contributed by atoms with van der Waals surface area (Å²) in [4.78, 5) is 28.9. The number of nitrogens with one attached hydrogen (secondary N) is 1. The SMILES string of the molecule is COCCN1C(=O)c2ccccc2[C@H](C(=O)NC[C@H]2COc3ccccc3O2)[C@H]1c1ccc(F)cc1. The lowest BCUT2D eigenvalue weighted by Crippen LogP contribution is -2.50. The van der Waals surface area contributed by atoms with Gasteiger partial charge in [-0.2, -0.15) is 0 Å². The highest BCUT2D eigenvalue weighted by molar-refractivity contribution is 6.01. The summed E-state index contributed by atoms with van der Waals surface area (Å²) < 4.78 is 30.8. The van der Waals surface area contributed by atoms with Gasteiger partial charge in [-0.25, -0.2) is 4.39 Å². The second-order valence-electron chi connectivity index (χ2n) is 8.80. The van der Waals surface area contributed by atoms with E-state index in [-0.39, 0.29) is 36.8 Å². The number of carbonyl (C=O) groups excluding carboxylic acids is 2. The molecule has 3 aromatic carbocycles. The average molecular weight is 491 g/mol. The van der Waals surface area contributed by atoms with Gasteiger partial charge in [0.05, 0.1) is 25.1 Å². The van der Waals surface area contributed by atoms with Crippen LogP contribution in [-0.4, -0.2) is 56.2 Å². The second kappa shape index (κ2) is 10.4. The topological polar surface area (TPSA) is 77.1 Å². The molecule has 36 heavy (non-hydrogen) atoms. The molecule has 1 N–H and O–H groups in total. The van der Waals surface area contributed by atoms with Crippen LogP contribution < -0.4 is 14.8 Å². The average Bonchev–Trinajstić information content (AvgIpc) is 2.91. The van der Waals surface area contributed by atoms with Gasteiger partial charge in [0.2, 0.25) is 5.91 Å². The second-order valence-corrected chi connectivity index (χ2v) is 8.80. The number of benzene rings is 3. The fourth-order valence-electron chi connectivity index (χ4n) is 4.83. The van der Waals surface area contributed by atoms with Crippen molar-refractivity contribution in [3.63, 3.8) is 0 Å². The van der Waals surface area contributed by atoms with Crippen LogP contribution in [-0.2, 0) is 9.53 Å². The molecule has 0 saturated heterocycles. The summed E-state index contributed by atoms with van der Waals surface area (Å²) in [6.07, 6.45) is -0.363. The standard InChI is InChI=1S/C28H27FN2O5/c1-34-15-14-31-26(18-10-12-19(29)13-11-18)25(21-6-2-3-7-22(21)28(31)33)27(32)30-16-20-17-35-23-8-4-5-9-24(23)36-20/h2-13,20,25-26H,14-17H2,1H3,(H,30,32)/t20-,25-,26+/m0/s1. The Morgan fingerprint density at radius 3 is 2.56 bits per heavy atom. The van der Waals surface area contributed by atoms with Gasteiger partial charge in [-0.3, -0.25) is 9.59 Å². The molecule has 0 saturated carbocycles. The van der Waals surface area contributed by atoms with Crippen molar-refractivity contribution < 1.29 is 28.2 Å². The van der Waals surface area contributed by atoms with Crippen LogP contribution in [0, 0.1) is 5.82 Å². The summed E-state index contributed by atoms with van der Waals surface area (Å²) in [6.45, 7) is 1.12. The van der Waals surface area contributed by atoms with E-state index >= 15 is 0 Å². The number of hydrogen-bond donors (Lipinski definition) is 1. The van der Waals surface area contributed by atoms with Gasteiger partial charge in [-0.05, 0) is 41.5 Å². The Hall–Kier alpha value is -3.91. The number of carbonyl (C=O) groups is 2. The molecule has 0 unspecified atom stereocenters. The lowest BCUT2D eigenvalue weighted by Gasteiger charge is -2.42. The lowest BCUT2D eigenvalue weighted by molar-refractivity contribution is -0.124. The molecule has 5 rings (SSSR count). The number of methoxy groups -OCH3 is 1. The zero-order chi connectivity index (χ0) is 25.1. The minimum absolute atomic E-state index is 0.193. The third-order valence-electron chi connectivity index (χ3n) is 6.54. The predicted octanol–water partition coefficient (Wildman–Crippen LogP) is 3.71. The molecule has 0 radical (unpaired) electrons. The number of amides is 2. The van der Waals surface area contributed by atoms with Crippen LogP contribution >= 0.6 is 0 Å². The normalized spacial score (nSPS) is 20.6. The van der Waals surface area contributed by atoms with Gasteiger partial charge < -0.3 is 24.4 Å². The van der Waals surface area contributed by atoms with Crippen molar-refractivity contribution in [3.8, 4) is 11.5 Å². The fourth-order valence-corrected chi connectivity index (χ4v) is 4.83. The number of hydrogen-bond acceptors (Lipinski definition) is 5. The maximum absolute atomic E-state index is 13.8. The van der Waals surface area contributed by atoms with Crippen LogP contribution in [0.3, 0.4) is 0 Å². The quantitative estimate of drug-likeness (QED) is 0.547. The van der Waals surface area contributed by atoms with E-state index in [1.807, 2.05) is 30.3 Å². The molecule has 8 heteroatoms. The highest BCUT2D eigenvalue weighted by atomic mass is 19.1. The van der Waals surface area contributed by atoms with Crippen LogP contribution in [0.4, 0.5) is 4.39 Å². The van der Waals surface area contributed by atoms with Gasteiger partial charge in [0.1, 0.15) is 18.5 Å². The third-order valence-corrected chi connectivity index (χ3v) is 6.54. The highest BCUT2D eigenvalue weighted by Crippen LogP contribution is 2.43. The van der Waals surface area contributed by atoms with Crippen molar-refractivity contribution in [2.75, 3.05) is 33.4 Å². The van der Waals surface area contributed by atoms with Crippen molar-refractivity contribution in [1.29, 1.82) is 0 Å². The summed E-state index contributed by atoms with van der Waals surface area (Å²) in [5, 5.41) is 3.01. The zero-order valence-electron chi connectivity index (χ0n) is 19.9. The van der Waals surface area contributed by atoms with Crippen LogP contribution in [0.15, 0.2) is 72.8 Å². The summed E-state index contributed by atoms with van der Waals surface area (Å²) in [5.41, 5.74) is 1.77. The Morgan fingerprint density at radius 2 is 1.78 bits per heavy atom. The number of rotatable bonds is 7. The molecule has 0 aromatic heterocycles. The van der Waals surface area contributed by atoms with E-state index in [0.29, 0.717) is 41.4 Å². The Balaban J connectivity index is 1.45. The van der Waals surface area contributed by atoms with Gasteiger partial charge in [-0.15, -0.1) is 0 Å². The number of halogens is 1. The molecule has 0 spiro atoms. The van der Waals surface area contributed by atoms with E-state index in [1.165, 1.54) is 12.1 Å². The first-order valence-electron chi connectivity index (χ1n) is 11.9. The molecule has 0 fully saturated rings. The monoisotopic (exact) mass is 490 g/mol. The number of ether oxygens (including phenoxy) is 3. The van der Waals surface area contributed by atoms with Gasteiger partial charge in [-0.1, -0.05) is 42.5 Å². The van der Waals surface area contributed by atoms with Gasteiger partial charge in [0.25, 0.3) is 5.91 Å². The first-order valence-corrected chi connectivity index (χ1v) is 11.9. The van der Waals surface area contributed by atoms with E-state index in [1.54, 1.807) is 42.3 Å². The van der Waals surface area contributed by atoms with Crippen LogP contribution in [0.1, 0.15) is 33.4 Å². The van der Waals surface area contributed by atoms with Gasteiger partial charge in [0.15, 0.2) is 11.5 Å². The number of fused-ring (bicyclic) bond motifs is 2. The Morgan fingerprint density at radius 1 is 1.06 bits per heavy atom. The molecule has 2 aliphatic rings. The minimum Gasteiger partial charge on any atom is -0.486 e. The van der Waals surface area contributed by atoms with E-state index in [9.17, 15) is 14.0 Å². The van der Waals surface area contributed by atoms with Gasteiger partial charge in [0, 0.05) is 19.2 Å². The van der Waals surface area contributed by atoms with Crippen LogP contribution in [0.5, 0.6) is 11.5 Å². The molecule has 2 heterocycles. The van der Waals surface area contributed by atoms with E-state index in [2.05, 4.69) is 5.32 Å². The van der Waals surface area contributed by atoms with Crippen LogP contribution in [0.2, 0.25) is 0 Å². The highest BCUT2D eigenvalue weighted by Gasteiger charge is 2.44. The lowest BCUT2D eigenvalue weighted by atomic mass is 9.79. The first kappa shape index (κ1) is 23.8. The summed E-state index contributed by atoms with van der Waals surface area (Å²) in [6, 6.07) is 19.8. The van der Waals surface area contributed by atoms with E-state index in [4.69, 9.17) is 14.2 Å².